The maximum absolute atomic E-state index is 4.75. The van der Waals surface area contributed by atoms with Crippen LogP contribution in [-0.2, 0) is 6.67 Å². The largest absolute Gasteiger partial charge is 0.289 e. The summed E-state index contributed by atoms with van der Waals surface area (Å²) in [5, 5.41) is 19.6. The van der Waals surface area contributed by atoms with Crippen molar-refractivity contribution in [3.63, 3.8) is 0 Å². The van der Waals surface area contributed by atoms with E-state index < -0.39 is 0 Å². The molecule has 0 saturated carbocycles. The van der Waals surface area contributed by atoms with Gasteiger partial charge in [-0.2, -0.15) is 0 Å². The smallest absolute Gasteiger partial charge is 0.229 e. The van der Waals surface area contributed by atoms with Gasteiger partial charge in [-0.1, -0.05) is 12.1 Å². The summed E-state index contributed by atoms with van der Waals surface area (Å²) in [4.78, 5) is 4.75. The minimum absolute atomic E-state index is 0.569. The van der Waals surface area contributed by atoms with Crippen molar-refractivity contribution < 1.29 is 0 Å². The van der Waals surface area contributed by atoms with Gasteiger partial charge in [-0.05, 0) is 12.1 Å². The molecule has 5 rings (SSSR count). The normalized spacial score (nSPS) is 14.4. The monoisotopic (exact) mass is 308 g/mol. The highest BCUT2D eigenvalue weighted by Gasteiger charge is 2.27. The number of imidazole rings is 1. The molecule has 4 heterocycles. The fraction of sp³-hybridized carbons (Fsp3) is 0.154. The van der Waals surface area contributed by atoms with Gasteiger partial charge >= 0.3 is 0 Å². The number of nitrogens with zero attached hydrogens (tertiary/aromatic N) is 10. The predicted octanol–water partition coefficient (Wildman–Crippen LogP) is 0.0558. The van der Waals surface area contributed by atoms with Crippen LogP contribution in [0.1, 0.15) is 0 Å². The second-order valence-electron chi connectivity index (χ2n) is 5.20. The Morgan fingerprint density at radius 2 is 1.48 bits per heavy atom. The van der Waals surface area contributed by atoms with Gasteiger partial charge in [0.2, 0.25) is 5.95 Å². The lowest BCUT2D eigenvalue weighted by molar-refractivity contribution is 0.436. The highest BCUT2D eigenvalue weighted by atomic mass is 15.7. The third kappa shape index (κ3) is 1.78. The van der Waals surface area contributed by atoms with Crippen molar-refractivity contribution in [3.05, 3.63) is 49.6 Å². The Kier molecular flexibility index (Phi) is 2.39. The molecular weight excluding hydrogens is 296 g/mol. The van der Waals surface area contributed by atoms with Crippen LogP contribution in [0, 0.1) is 0 Å². The van der Waals surface area contributed by atoms with Crippen molar-refractivity contribution in [2.24, 2.45) is 0 Å². The van der Waals surface area contributed by atoms with Gasteiger partial charge in [0, 0.05) is 0 Å². The lowest BCUT2D eigenvalue weighted by Gasteiger charge is -2.37. The Hall–Kier alpha value is -3.43. The van der Waals surface area contributed by atoms with Gasteiger partial charge < -0.3 is 0 Å². The van der Waals surface area contributed by atoms with Crippen molar-refractivity contribution in [1.29, 1.82) is 0 Å². The molecule has 0 spiro atoms. The van der Waals surface area contributed by atoms with Gasteiger partial charge in [-0.25, -0.2) is 19.3 Å². The third-order valence-corrected chi connectivity index (χ3v) is 3.89. The average molecular weight is 308 g/mol. The predicted molar refractivity (Wildman–Crippen MR) is 80.7 cm³/mol. The molecule has 0 amide bonds. The lowest BCUT2D eigenvalue weighted by Crippen LogP contribution is -2.51. The first-order chi connectivity index (χ1) is 11.4. The quantitative estimate of drug-likeness (QED) is 0.517. The maximum atomic E-state index is 4.75. The van der Waals surface area contributed by atoms with Crippen LogP contribution in [0.4, 0.5) is 5.95 Å². The zero-order chi connectivity index (χ0) is 15.2. The Morgan fingerprint density at radius 3 is 2.26 bits per heavy atom. The summed E-state index contributed by atoms with van der Waals surface area (Å²) < 4.78 is 5.81. The Morgan fingerprint density at radius 1 is 0.783 bits per heavy atom. The molecule has 0 atom stereocenters. The topological polar surface area (TPSA) is 85.7 Å². The average Bonchev–Trinajstić information content (AvgIpc) is 3.33. The van der Waals surface area contributed by atoms with E-state index in [0.29, 0.717) is 13.3 Å². The molecule has 0 bridgehead atoms. The minimum Gasteiger partial charge on any atom is -0.289 e. The molecule has 10 heteroatoms. The summed E-state index contributed by atoms with van der Waals surface area (Å²) in [7, 11) is 0. The maximum Gasteiger partial charge on any atom is 0.229 e. The van der Waals surface area contributed by atoms with Crippen LogP contribution in [0.15, 0.2) is 49.6 Å². The Labute approximate surface area is 130 Å². The molecule has 0 N–H and O–H groups in total. The summed E-state index contributed by atoms with van der Waals surface area (Å²) in [6.07, 6.45) is 6.65. The van der Waals surface area contributed by atoms with E-state index in [9.17, 15) is 0 Å². The van der Waals surface area contributed by atoms with Crippen LogP contribution in [0.25, 0.3) is 11.0 Å². The molecule has 0 radical (unpaired) electrons. The number of hydrogen-bond donors (Lipinski definition) is 0. The zero-order valence-electron chi connectivity index (χ0n) is 12.0. The zero-order valence-corrected chi connectivity index (χ0v) is 12.0. The Balaban J connectivity index is 1.70. The van der Waals surface area contributed by atoms with Gasteiger partial charge in [0.25, 0.3) is 0 Å². The van der Waals surface area contributed by atoms with Crippen molar-refractivity contribution in [1.82, 2.24) is 39.3 Å². The van der Waals surface area contributed by atoms with Crippen LogP contribution in [-0.4, -0.2) is 46.0 Å². The van der Waals surface area contributed by atoms with E-state index in [2.05, 4.69) is 36.0 Å². The van der Waals surface area contributed by atoms with Gasteiger partial charge in [-0.3, -0.25) is 9.58 Å². The second-order valence-corrected chi connectivity index (χ2v) is 5.20. The number of benzene rings is 1. The van der Waals surface area contributed by atoms with Crippen LogP contribution < -0.4 is 10.0 Å². The molecule has 4 aromatic rings. The molecule has 3 aromatic heterocycles. The van der Waals surface area contributed by atoms with Crippen LogP contribution in [0.2, 0.25) is 0 Å². The van der Waals surface area contributed by atoms with E-state index in [1.54, 1.807) is 25.3 Å². The summed E-state index contributed by atoms with van der Waals surface area (Å²) >= 11 is 0. The molecule has 23 heavy (non-hydrogen) atoms. The first-order valence-corrected chi connectivity index (χ1v) is 7.08. The minimum atomic E-state index is 0.569. The van der Waals surface area contributed by atoms with Crippen molar-refractivity contribution >= 4 is 17.0 Å². The van der Waals surface area contributed by atoms with Gasteiger partial charge in [-0.15, -0.1) is 20.4 Å². The first kappa shape index (κ1) is 12.1. The molecule has 1 aliphatic rings. The fourth-order valence-electron chi connectivity index (χ4n) is 2.81. The van der Waals surface area contributed by atoms with Crippen LogP contribution >= 0.6 is 0 Å². The van der Waals surface area contributed by atoms with Crippen molar-refractivity contribution in [3.8, 4) is 0 Å². The summed E-state index contributed by atoms with van der Waals surface area (Å²) in [5.41, 5.74) is 2.02. The molecule has 1 aromatic carbocycles. The number of aromatic nitrogens is 8. The number of fused-ring (bicyclic) bond motifs is 3. The third-order valence-electron chi connectivity index (χ3n) is 3.89. The molecule has 114 valence electrons. The van der Waals surface area contributed by atoms with E-state index >= 15 is 0 Å². The standard InChI is InChI=1S/C13H12N10/c1-2-4-12-11(3-1)18-13-22(12)9-21(19-5-14-15-6-19)10-23(13)20-7-16-17-8-20/h1-8H,9-10H2. The lowest BCUT2D eigenvalue weighted by atomic mass is 10.3. The van der Waals surface area contributed by atoms with Crippen LogP contribution in [0.5, 0.6) is 0 Å². The van der Waals surface area contributed by atoms with E-state index in [1.165, 1.54) is 0 Å². The SMILES string of the molecule is c1ccc2c(c1)nc1n2CN(n2cnnc2)CN1n1cnnc1. The highest BCUT2D eigenvalue weighted by Crippen LogP contribution is 2.26. The van der Waals surface area contributed by atoms with Gasteiger partial charge in [0.1, 0.15) is 38.6 Å². The summed E-state index contributed by atoms with van der Waals surface area (Å²) in [6, 6.07) is 8.07. The van der Waals surface area contributed by atoms with Gasteiger partial charge in [0.15, 0.2) is 0 Å². The molecule has 0 aliphatic carbocycles. The summed E-state index contributed by atoms with van der Waals surface area (Å²) in [6.45, 7) is 1.21. The number of para-hydroxylation sites is 2. The first-order valence-electron chi connectivity index (χ1n) is 7.08. The van der Waals surface area contributed by atoms with E-state index in [-0.39, 0.29) is 0 Å². The van der Waals surface area contributed by atoms with E-state index in [1.807, 2.05) is 32.6 Å². The second kappa shape index (κ2) is 4.53. The number of rotatable bonds is 2. The fourth-order valence-corrected chi connectivity index (χ4v) is 2.81. The van der Waals surface area contributed by atoms with E-state index in [4.69, 9.17) is 4.98 Å². The van der Waals surface area contributed by atoms with Crippen molar-refractivity contribution in [2.45, 2.75) is 6.67 Å². The molecule has 0 fully saturated rings. The molecule has 1 aliphatic heterocycles. The highest BCUT2D eigenvalue weighted by molar-refractivity contribution is 5.79. The molecule has 10 nitrogen and oxygen atoms in total. The molecule has 0 unspecified atom stereocenters. The van der Waals surface area contributed by atoms with Gasteiger partial charge in [0.05, 0.1) is 11.0 Å². The van der Waals surface area contributed by atoms with E-state index in [0.717, 1.165) is 17.0 Å². The summed E-state index contributed by atoms with van der Waals surface area (Å²) in [5.74, 6) is 0.843. The van der Waals surface area contributed by atoms with Crippen molar-refractivity contribution in [2.75, 3.05) is 16.7 Å². The Bertz CT molecular complexity index is 939. The molecule has 0 saturated heterocycles. The van der Waals surface area contributed by atoms with Crippen LogP contribution in [0.3, 0.4) is 0 Å². The number of hydrogen-bond acceptors (Lipinski definition) is 7. The molecular formula is C13H12N10. The number of anilines is 1.